The summed E-state index contributed by atoms with van der Waals surface area (Å²) in [7, 11) is 1.62. The van der Waals surface area contributed by atoms with Crippen LogP contribution in [0.3, 0.4) is 0 Å². The van der Waals surface area contributed by atoms with Gasteiger partial charge in [-0.1, -0.05) is 52.0 Å². The molecule has 2 aromatic carbocycles. The van der Waals surface area contributed by atoms with Crippen LogP contribution in [0, 0.1) is 0 Å². The summed E-state index contributed by atoms with van der Waals surface area (Å²) >= 11 is 0. The van der Waals surface area contributed by atoms with Gasteiger partial charge in [0, 0.05) is 20.3 Å². The molecule has 0 fully saturated rings. The Bertz CT molecular complexity index is 857. The van der Waals surface area contributed by atoms with Crippen molar-refractivity contribution in [2.24, 2.45) is 0 Å². The summed E-state index contributed by atoms with van der Waals surface area (Å²) in [5.41, 5.74) is 2.12. The molecule has 0 saturated heterocycles. The molecule has 0 bridgehead atoms. The molecule has 31 heavy (non-hydrogen) atoms. The minimum absolute atomic E-state index is 0.0495. The highest BCUT2D eigenvalue weighted by Crippen LogP contribution is 2.25. The molecule has 6 nitrogen and oxygen atoms in total. The highest BCUT2D eigenvalue weighted by molar-refractivity contribution is 6.04. The van der Waals surface area contributed by atoms with Crippen LogP contribution < -0.4 is 15.4 Å². The SMILES string of the molecule is CC[C@H](Oc1ccc(C(C)(C)C)cc1)C(=O)Nc1ccccc1C(=O)NCCCOC. The Labute approximate surface area is 185 Å². The van der Waals surface area contributed by atoms with Gasteiger partial charge >= 0.3 is 0 Å². The largest absolute Gasteiger partial charge is 0.481 e. The van der Waals surface area contributed by atoms with Crippen LogP contribution in [-0.2, 0) is 14.9 Å². The summed E-state index contributed by atoms with van der Waals surface area (Å²) in [6.45, 7) is 9.41. The van der Waals surface area contributed by atoms with Gasteiger partial charge in [0.1, 0.15) is 5.75 Å². The predicted octanol–water partition coefficient (Wildman–Crippen LogP) is 4.55. The maximum Gasteiger partial charge on any atom is 0.265 e. The Hall–Kier alpha value is -2.86. The lowest BCUT2D eigenvalue weighted by Gasteiger charge is -2.21. The van der Waals surface area contributed by atoms with Crippen molar-refractivity contribution in [1.29, 1.82) is 0 Å². The second-order valence-corrected chi connectivity index (χ2v) is 8.43. The van der Waals surface area contributed by atoms with Crippen molar-refractivity contribution in [3.63, 3.8) is 0 Å². The van der Waals surface area contributed by atoms with E-state index in [1.165, 1.54) is 5.56 Å². The van der Waals surface area contributed by atoms with Crippen LogP contribution >= 0.6 is 0 Å². The van der Waals surface area contributed by atoms with E-state index < -0.39 is 6.10 Å². The molecule has 2 rings (SSSR count). The van der Waals surface area contributed by atoms with Crippen LogP contribution in [-0.4, -0.2) is 38.2 Å². The third-order valence-corrected chi connectivity index (χ3v) is 4.90. The molecular formula is C25H34N2O4. The standard InChI is InChI=1S/C25H34N2O4/c1-6-22(31-19-14-12-18(13-15-19)25(2,3)4)24(29)27-21-11-8-7-10-20(21)23(28)26-16-9-17-30-5/h7-8,10-15,22H,6,9,16-17H2,1-5H3,(H,26,28)(H,27,29)/t22-/m0/s1. The summed E-state index contributed by atoms with van der Waals surface area (Å²) in [5.74, 6) is 0.111. The van der Waals surface area contributed by atoms with Gasteiger partial charge in [-0.05, 0) is 48.1 Å². The number of rotatable bonds is 10. The molecule has 2 N–H and O–H groups in total. The van der Waals surface area contributed by atoms with Gasteiger partial charge in [-0.15, -0.1) is 0 Å². The Morgan fingerprint density at radius 1 is 1.03 bits per heavy atom. The molecule has 0 radical (unpaired) electrons. The fraction of sp³-hybridized carbons (Fsp3) is 0.440. The second kappa shape index (κ2) is 11.5. The summed E-state index contributed by atoms with van der Waals surface area (Å²) < 4.78 is 10.9. The van der Waals surface area contributed by atoms with Crippen molar-refractivity contribution in [1.82, 2.24) is 5.32 Å². The summed E-state index contributed by atoms with van der Waals surface area (Å²) in [5, 5.41) is 5.70. The number of anilines is 1. The third-order valence-electron chi connectivity index (χ3n) is 4.90. The smallest absolute Gasteiger partial charge is 0.265 e. The van der Waals surface area contributed by atoms with Gasteiger partial charge in [0.15, 0.2) is 6.10 Å². The molecule has 0 aliphatic carbocycles. The van der Waals surface area contributed by atoms with E-state index in [0.29, 0.717) is 36.6 Å². The molecule has 0 spiro atoms. The van der Waals surface area contributed by atoms with Gasteiger partial charge in [0.2, 0.25) is 0 Å². The van der Waals surface area contributed by atoms with Crippen molar-refractivity contribution in [2.75, 3.05) is 25.6 Å². The first-order valence-electron chi connectivity index (χ1n) is 10.7. The fourth-order valence-electron chi connectivity index (χ4n) is 3.04. The molecule has 0 aliphatic rings. The van der Waals surface area contributed by atoms with Gasteiger partial charge in [0.05, 0.1) is 11.3 Å². The molecule has 6 heteroatoms. The number of methoxy groups -OCH3 is 1. The zero-order valence-corrected chi connectivity index (χ0v) is 19.2. The molecule has 2 amide bonds. The topological polar surface area (TPSA) is 76.7 Å². The first-order chi connectivity index (χ1) is 14.8. The monoisotopic (exact) mass is 426 g/mol. The normalized spacial score (nSPS) is 12.2. The molecule has 2 aromatic rings. The van der Waals surface area contributed by atoms with Crippen LogP contribution in [0.1, 0.15) is 56.5 Å². The average molecular weight is 427 g/mol. The van der Waals surface area contributed by atoms with Crippen LogP contribution in [0.2, 0.25) is 0 Å². The average Bonchev–Trinajstić information content (AvgIpc) is 2.75. The van der Waals surface area contributed by atoms with Gasteiger partial charge in [-0.25, -0.2) is 0 Å². The third kappa shape index (κ3) is 7.40. The van der Waals surface area contributed by atoms with Gasteiger partial charge in [-0.2, -0.15) is 0 Å². The predicted molar refractivity (Wildman–Crippen MR) is 124 cm³/mol. The van der Waals surface area contributed by atoms with Crippen molar-refractivity contribution >= 4 is 17.5 Å². The Morgan fingerprint density at radius 3 is 2.32 bits per heavy atom. The van der Waals surface area contributed by atoms with E-state index in [4.69, 9.17) is 9.47 Å². The number of carbonyl (C=O) groups excluding carboxylic acids is 2. The highest BCUT2D eigenvalue weighted by Gasteiger charge is 2.21. The number of hydrogen-bond donors (Lipinski definition) is 2. The lowest BCUT2D eigenvalue weighted by atomic mass is 9.87. The van der Waals surface area contributed by atoms with Crippen LogP contribution in [0.5, 0.6) is 5.75 Å². The first kappa shape index (κ1) is 24.4. The number of para-hydroxylation sites is 1. The number of amides is 2. The molecule has 1 atom stereocenters. The molecule has 0 unspecified atom stereocenters. The summed E-state index contributed by atoms with van der Waals surface area (Å²) in [6.07, 6.45) is 0.549. The molecule has 0 aliphatic heterocycles. The Balaban J connectivity index is 2.05. The van der Waals surface area contributed by atoms with Crippen molar-refractivity contribution in [3.05, 3.63) is 59.7 Å². The maximum absolute atomic E-state index is 12.9. The number of hydrogen-bond acceptors (Lipinski definition) is 4. The lowest BCUT2D eigenvalue weighted by Crippen LogP contribution is -2.33. The Kier molecular flexibility index (Phi) is 9.06. The van der Waals surface area contributed by atoms with E-state index in [2.05, 4.69) is 31.4 Å². The van der Waals surface area contributed by atoms with E-state index in [-0.39, 0.29) is 17.2 Å². The number of nitrogens with one attached hydrogen (secondary N) is 2. The van der Waals surface area contributed by atoms with Gasteiger partial charge in [0.25, 0.3) is 11.8 Å². The number of benzene rings is 2. The molecule has 168 valence electrons. The minimum Gasteiger partial charge on any atom is -0.481 e. The number of ether oxygens (including phenoxy) is 2. The van der Waals surface area contributed by atoms with Crippen molar-refractivity contribution in [2.45, 2.75) is 52.1 Å². The summed E-state index contributed by atoms with van der Waals surface area (Å²) in [4.78, 5) is 25.4. The van der Waals surface area contributed by atoms with E-state index in [9.17, 15) is 9.59 Å². The second-order valence-electron chi connectivity index (χ2n) is 8.43. The molecule has 0 aromatic heterocycles. The molecule has 0 saturated carbocycles. The maximum atomic E-state index is 12.9. The minimum atomic E-state index is -0.668. The molecule has 0 heterocycles. The van der Waals surface area contributed by atoms with Crippen LogP contribution in [0.4, 0.5) is 5.69 Å². The van der Waals surface area contributed by atoms with E-state index in [1.807, 2.05) is 31.2 Å². The van der Waals surface area contributed by atoms with Crippen LogP contribution in [0.25, 0.3) is 0 Å². The molecular weight excluding hydrogens is 392 g/mol. The fourth-order valence-corrected chi connectivity index (χ4v) is 3.04. The van der Waals surface area contributed by atoms with E-state index >= 15 is 0 Å². The van der Waals surface area contributed by atoms with Crippen molar-refractivity contribution in [3.8, 4) is 5.75 Å². The van der Waals surface area contributed by atoms with E-state index in [1.54, 1.807) is 31.4 Å². The van der Waals surface area contributed by atoms with Crippen LogP contribution in [0.15, 0.2) is 48.5 Å². The summed E-state index contributed by atoms with van der Waals surface area (Å²) in [6, 6.07) is 14.8. The number of carbonyl (C=O) groups is 2. The van der Waals surface area contributed by atoms with Gasteiger partial charge < -0.3 is 20.1 Å². The van der Waals surface area contributed by atoms with E-state index in [0.717, 1.165) is 6.42 Å². The Morgan fingerprint density at radius 2 is 1.71 bits per heavy atom. The highest BCUT2D eigenvalue weighted by atomic mass is 16.5. The lowest BCUT2D eigenvalue weighted by molar-refractivity contribution is -0.122. The van der Waals surface area contributed by atoms with Gasteiger partial charge in [-0.3, -0.25) is 9.59 Å². The quantitative estimate of drug-likeness (QED) is 0.547. The zero-order valence-electron chi connectivity index (χ0n) is 19.2. The first-order valence-corrected chi connectivity index (χ1v) is 10.7. The van der Waals surface area contributed by atoms with Crippen molar-refractivity contribution < 1.29 is 19.1 Å². The zero-order chi connectivity index (χ0) is 22.9.